The number of aliphatic hydroxyl groups is 1. The summed E-state index contributed by atoms with van der Waals surface area (Å²) in [7, 11) is 0. The molecule has 148 valence electrons. The van der Waals surface area contributed by atoms with E-state index in [0.29, 0.717) is 0 Å². The van der Waals surface area contributed by atoms with Crippen molar-refractivity contribution in [3.8, 4) is 0 Å². The molecule has 0 spiro atoms. The lowest BCUT2D eigenvalue weighted by molar-refractivity contribution is 0.145. The van der Waals surface area contributed by atoms with Gasteiger partial charge in [0.2, 0.25) is 5.95 Å². The molecular formula is C22H29N5O. The third kappa shape index (κ3) is 4.88. The standard InChI is InChI=1S/C22H29N5O/c28-20-9-13-26(14-10-20)21-8-11-23-22(24-21)27-17-15-25(16-18-27)12-4-7-19-5-2-1-3-6-19/h1-8,11,20,28H,9-10,12-18H2. The fraction of sp³-hybridized carbons (Fsp3) is 0.455. The zero-order chi connectivity index (χ0) is 19.2. The molecule has 6 nitrogen and oxygen atoms in total. The highest BCUT2D eigenvalue weighted by atomic mass is 16.3. The van der Waals surface area contributed by atoms with Crippen LogP contribution >= 0.6 is 0 Å². The van der Waals surface area contributed by atoms with Crippen LogP contribution in [-0.2, 0) is 0 Å². The van der Waals surface area contributed by atoms with Crippen LogP contribution in [0.4, 0.5) is 11.8 Å². The molecule has 2 aromatic rings. The SMILES string of the molecule is OC1CCN(c2ccnc(N3CCN(CC=Cc4ccccc4)CC3)n2)CC1. The zero-order valence-corrected chi connectivity index (χ0v) is 16.3. The summed E-state index contributed by atoms with van der Waals surface area (Å²) in [5, 5.41) is 9.71. The quantitative estimate of drug-likeness (QED) is 0.860. The fourth-order valence-electron chi connectivity index (χ4n) is 3.80. The summed E-state index contributed by atoms with van der Waals surface area (Å²) < 4.78 is 0. The Hall–Kier alpha value is -2.44. The summed E-state index contributed by atoms with van der Waals surface area (Å²) in [6.07, 6.45) is 7.75. The van der Waals surface area contributed by atoms with Gasteiger partial charge in [-0.1, -0.05) is 42.5 Å². The number of anilines is 2. The molecule has 2 aliphatic rings. The lowest BCUT2D eigenvalue weighted by Gasteiger charge is -2.35. The Bertz CT molecular complexity index is 766. The van der Waals surface area contributed by atoms with Crippen LogP contribution in [0.1, 0.15) is 18.4 Å². The van der Waals surface area contributed by atoms with Crippen molar-refractivity contribution in [3.63, 3.8) is 0 Å². The van der Waals surface area contributed by atoms with E-state index in [0.717, 1.165) is 70.4 Å². The Labute approximate surface area is 167 Å². The summed E-state index contributed by atoms with van der Waals surface area (Å²) >= 11 is 0. The number of aliphatic hydroxyl groups excluding tert-OH is 1. The number of benzene rings is 1. The van der Waals surface area contributed by atoms with Crippen molar-refractivity contribution in [2.45, 2.75) is 18.9 Å². The Morgan fingerprint density at radius 1 is 0.929 bits per heavy atom. The summed E-state index contributed by atoms with van der Waals surface area (Å²) in [5.74, 6) is 1.80. The van der Waals surface area contributed by atoms with Gasteiger partial charge in [-0.05, 0) is 24.5 Å². The van der Waals surface area contributed by atoms with E-state index in [1.807, 2.05) is 18.3 Å². The van der Waals surface area contributed by atoms with Gasteiger partial charge in [0, 0.05) is 52.0 Å². The topological polar surface area (TPSA) is 55.7 Å². The molecule has 2 saturated heterocycles. The van der Waals surface area contributed by atoms with Crippen molar-refractivity contribution in [3.05, 3.63) is 54.2 Å². The Morgan fingerprint density at radius 2 is 1.68 bits per heavy atom. The molecule has 0 atom stereocenters. The minimum absolute atomic E-state index is 0.165. The second kappa shape index (κ2) is 9.17. The second-order valence-corrected chi connectivity index (χ2v) is 7.53. The van der Waals surface area contributed by atoms with Crippen LogP contribution in [0.3, 0.4) is 0 Å². The van der Waals surface area contributed by atoms with Gasteiger partial charge in [0.15, 0.2) is 0 Å². The van der Waals surface area contributed by atoms with Gasteiger partial charge in [0.1, 0.15) is 5.82 Å². The third-order valence-corrected chi connectivity index (χ3v) is 5.55. The van der Waals surface area contributed by atoms with Crippen molar-refractivity contribution in [2.75, 3.05) is 55.6 Å². The fourth-order valence-corrected chi connectivity index (χ4v) is 3.80. The lowest BCUT2D eigenvalue weighted by atomic mass is 10.1. The normalized spacial score (nSPS) is 19.5. The number of hydrogen-bond donors (Lipinski definition) is 1. The number of rotatable bonds is 5. The Balaban J connectivity index is 1.29. The monoisotopic (exact) mass is 379 g/mol. The Morgan fingerprint density at radius 3 is 2.43 bits per heavy atom. The highest BCUT2D eigenvalue weighted by molar-refractivity contribution is 5.49. The van der Waals surface area contributed by atoms with Crippen LogP contribution in [0.5, 0.6) is 0 Å². The van der Waals surface area contributed by atoms with E-state index in [9.17, 15) is 5.11 Å². The zero-order valence-electron chi connectivity index (χ0n) is 16.3. The first-order valence-corrected chi connectivity index (χ1v) is 10.2. The number of nitrogens with zero attached hydrogens (tertiary/aromatic N) is 5. The molecule has 2 aliphatic heterocycles. The average molecular weight is 380 g/mol. The molecule has 0 radical (unpaired) electrons. The largest absolute Gasteiger partial charge is 0.393 e. The lowest BCUT2D eigenvalue weighted by Crippen LogP contribution is -2.47. The van der Waals surface area contributed by atoms with E-state index in [1.165, 1.54) is 5.56 Å². The summed E-state index contributed by atoms with van der Waals surface area (Å²) in [6, 6.07) is 12.4. The minimum Gasteiger partial charge on any atom is -0.393 e. The van der Waals surface area contributed by atoms with Crippen LogP contribution in [0.25, 0.3) is 6.08 Å². The first kappa shape index (κ1) is 18.9. The van der Waals surface area contributed by atoms with Gasteiger partial charge in [-0.3, -0.25) is 4.90 Å². The molecule has 0 saturated carbocycles. The van der Waals surface area contributed by atoms with Gasteiger partial charge in [0.05, 0.1) is 6.10 Å². The predicted octanol–water partition coefficient (Wildman–Crippen LogP) is 2.27. The van der Waals surface area contributed by atoms with E-state index in [2.05, 4.69) is 56.1 Å². The van der Waals surface area contributed by atoms with Gasteiger partial charge in [-0.15, -0.1) is 0 Å². The predicted molar refractivity (Wildman–Crippen MR) is 114 cm³/mol. The number of aromatic nitrogens is 2. The molecule has 0 unspecified atom stereocenters. The third-order valence-electron chi connectivity index (χ3n) is 5.55. The van der Waals surface area contributed by atoms with E-state index < -0.39 is 0 Å². The van der Waals surface area contributed by atoms with Crippen LogP contribution in [-0.4, -0.2) is 71.9 Å². The van der Waals surface area contributed by atoms with Crippen molar-refractivity contribution in [1.82, 2.24) is 14.9 Å². The highest BCUT2D eigenvalue weighted by Crippen LogP contribution is 2.20. The maximum atomic E-state index is 9.71. The molecule has 2 fully saturated rings. The van der Waals surface area contributed by atoms with Gasteiger partial charge in [0.25, 0.3) is 0 Å². The van der Waals surface area contributed by atoms with Crippen LogP contribution in [0, 0.1) is 0 Å². The second-order valence-electron chi connectivity index (χ2n) is 7.53. The van der Waals surface area contributed by atoms with E-state index in [4.69, 9.17) is 4.98 Å². The summed E-state index contributed by atoms with van der Waals surface area (Å²) in [5.41, 5.74) is 1.25. The molecule has 1 aromatic carbocycles. The summed E-state index contributed by atoms with van der Waals surface area (Å²) in [6.45, 7) is 6.62. The van der Waals surface area contributed by atoms with Gasteiger partial charge >= 0.3 is 0 Å². The Kier molecular flexibility index (Phi) is 6.19. The molecule has 1 N–H and O–H groups in total. The smallest absolute Gasteiger partial charge is 0.227 e. The molecule has 0 bridgehead atoms. The van der Waals surface area contributed by atoms with Crippen molar-refractivity contribution in [2.24, 2.45) is 0 Å². The number of piperazine rings is 1. The van der Waals surface area contributed by atoms with Gasteiger partial charge in [-0.2, -0.15) is 4.98 Å². The number of piperidine rings is 1. The van der Waals surface area contributed by atoms with Gasteiger partial charge < -0.3 is 14.9 Å². The van der Waals surface area contributed by atoms with Crippen molar-refractivity contribution in [1.29, 1.82) is 0 Å². The number of hydrogen-bond acceptors (Lipinski definition) is 6. The minimum atomic E-state index is -0.165. The van der Waals surface area contributed by atoms with Crippen LogP contribution in [0.15, 0.2) is 48.7 Å². The van der Waals surface area contributed by atoms with Crippen LogP contribution < -0.4 is 9.80 Å². The van der Waals surface area contributed by atoms with E-state index in [-0.39, 0.29) is 6.10 Å². The molecule has 28 heavy (non-hydrogen) atoms. The van der Waals surface area contributed by atoms with E-state index in [1.54, 1.807) is 0 Å². The molecule has 0 aliphatic carbocycles. The highest BCUT2D eigenvalue weighted by Gasteiger charge is 2.21. The van der Waals surface area contributed by atoms with Gasteiger partial charge in [-0.25, -0.2) is 4.98 Å². The van der Waals surface area contributed by atoms with Crippen molar-refractivity contribution < 1.29 is 5.11 Å². The maximum Gasteiger partial charge on any atom is 0.227 e. The molecule has 3 heterocycles. The molecule has 6 heteroatoms. The molecule has 0 amide bonds. The summed E-state index contributed by atoms with van der Waals surface area (Å²) in [4.78, 5) is 16.3. The maximum absolute atomic E-state index is 9.71. The first-order valence-electron chi connectivity index (χ1n) is 10.2. The van der Waals surface area contributed by atoms with Crippen LogP contribution in [0.2, 0.25) is 0 Å². The van der Waals surface area contributed by atoms with Crippen molar-refractivity contribution >= 4 is 17.8 Å². The first-order chi connectivity index (χ1) is 13.8. The molecule has 1 aromatic heterocycles. The molecular weight excluding hydrogens is 350 g/mol. The van der Waals surface area contributed by atoms with E-state index >= 15 is 0 Å². The average Bonchev–Trinajstić information content (AvgIpc) is 2.76. The molecule has 4 rings (SSSR count).